The Kier molecular flexibility index (Phi) is 6.09. The van der Waals surface area contributed by atoms with E-state index in [-0.39, 0.29) is 10.9 Å². The number of nitrogens with one attached hydrogen (secondary N) is 1. The fraction of sp³-hybridized carbons (Fsp3) is 0.294. The Morgan fingerprint density at radius 3 is 2.39 bits per heavy atom. The smallest absolute Gasteiger partial charge is 0.306 e. The van der Waals surface area contributed by atoms with Crippen LogP contribution in [0.5, 0.6) is 0 Å². The number of anilines is 1. The molecule has 0 aliphatic heterocycles. The summed E-state index contributed by atoms with van der Waals surface area (Å²) in [7, 11) is -2.66. The van der Waals surface area contributed by atoms with Crippen LogP contribution in [0, 0.1) is 5.82 Å². The zero-order chi connectivity index (χ0) is 21.3. The summed E-state index contributed by atoms with van der Waals surface area (Å²) in [5, 5.41) is 2.04. The van der Waals surface area contributed by atoms with Crippen molar-refractivity contribution < 1.29 is 30.8 Å². The number of pyridine rings is 1. The number of sulfonamides is 1. The van der Waals surface area contributed by atoms with Crippen molar-refractivity contribution in [2.45, 2.75) is 31.0 Å². The average Bonchev–Trinajstić information content (AvgIpc) is 2.60. The van der Waals surface area contributed by atoms with Gasteiger partial charge in [-0.15, -0.1) is 0 Å². The van der Waals surface area contributed by atoms with E-state index in [1.54, 1.807) is 13.8 Å². The Balaban J connectivity index is 2.37. The van der Waals surface area contributed by atoms with Crippen molar-refractivity contribution in [3.63, 3.8) is 0 Å². The van der Waals surface area contributed by atoms with Gasteiger partial charge in [-0.3, -0.25) is 4.79 Å². The number of nitrogens with zero attached hydrogens (tertiary/aromatic N) is 2. The van der Waals surface area contributed by atoms with Gasteiger partial charge >= 0.3 is 6.18 Å². The third-order valence-corrected chi connectivity index (χ3v) is 5.90. The predicted molar refractivity (Wildman–Crippen MR) is 93.7 cm³/mol. The highest BCUT2D eigenvalue weighted by Crippen LogP contribution is 2.28. The molecule has 0 bridgehead atoms. The first-order valence-electron chi connectivity index (χ1n) is 7.97. The molecule has 28 heavy (non-hydrogen) atoms. The fourth-order valence-corrected chi connectivity index (χ4v) is 3.52. The number of amides is 1. The molecule has 1 amide bonds. The third-order valence-electron chi connectivity index (χ3n) is 3.87. The van der Waals surface area contributed by atoms with Crippen LogP contribution in [-0.2, 0) is 16.2 Å². The number of hydrogen-bond acceptors (Lipinski definition) is 4. The molecule has 0 saturated carbocycles. The van der Waals surface area contributed by atoms with E-state index in [4.69, 9.17) is 0 Å². The topological polar surface area (TPSA) is 79.4 Å². The van der Waals surface area contributed by atoms with Gasteiger partial charge in [-0.25, -0.2) is 17.8 Å². The molecule has 0 aliphatic carbocycles. The number of halogens is 4. The van der Waals surface area contributed by atoms with Crippen LogP contribution in [0.25, 0.3) is 0 Å². The largest absolute Gasteiger partial charge is 0.433 e. The number of carbonyl (C=O) groups excluding carboxylic acids is 1. The van der Waals surface area contributed by atoms with Crippen molar-refractivity contribution in [2.24, 2.45) is 0 Å². The summed E-state index contributed by atoms with van der Waals surface area (Å²) in [4.78, 5) is 15.2. The highest BCUT2D eigenvalue weighted by atomic mass is 32.2. The second-order valence-corrected chi connectivity index (χ2v) is 8.11. The molecule has 0 saturated heterocycles. The van der Waals surface area contributed by atoms with Gasteiger partial charge in [0.15, 0.2) is 0 Å². The van der Waals surface area contributed by atoms with Gasteiger partial charge in [-0.05, 0) is 44.2 Å². The summed E-state index contributed by atoms with van der Waals surface area (Å²) in [6, 6.07) is 5.08. The van der Waals surface area contributed by atoms with Gasteiger partial charge in [0.1, 0.15) is 17.3 Å². The summed E-state index contributed by atoms with van der Waals surface area (Å²) < 4.78 is 78.3. The molecule has 0 radical (unpaired) electrons. The monoisotopic (exact) mass is 419 g/mol. The zero-order valence-electron chi connectivity index (χ0n) is 15.1. The van der Waals surface area contributed by atoms with Crippen LogP contribution in [0.3, 0.4) is 0 Å². The average molecular weight is 419 g/mol. The van der Waals surface area contributed by atoms with Crippen molar-refractivity contribution in [3.8, 4) is 0 Å². The predicted octanol–water partition coefficient (Wildman–Crippen LogP) is 3.52. The number of alkyl halides is 3. The summed E-state index contributed by atoms with van der Waals surface area (Å²) in [6.07, 6.45) is -4.72. The van der Waals surface area contributed by atoms with Crippen molar-refractivity contribution in [2.75, 3.05) is 12.4 Å². The molecule has 0 aliphatic rings. The van der Waals surface area contributed by atoms with Gasteiger partial charge in [0, 0.05) is 13.1 Å². The second kappa shape index (κ2) is 7.84. The molecule has 2 rings (SSSR count). The first kappa shape index (κ1) is 21.8. The van der Waals surface area contributed by atoms with E-state index < -0.39 is 45.0 Å². The quantitative estimate of drug-likeness (QED) is 0.753. The fourth-order valence-electron chi connectivity index (χ4n) is 2.13. The molecule has 0 unspecified atom stereocenters. The number of rotatable bonds is 5. The highest BCUT2D eigenvalue weighted by Gasteiger charge is 2.32. The van der Waals surface area contributed by atoms with Gasteiger partial charge in [0.2, 0.25) is 10.0 Å². The van der Waals surface area contributed by atoms with Crippen LogP contribution in [0.2, 0.25) is 0 Å². The molecule has 1 aromatic heterocycles. The highest BCUT2D eigenvalue weighted by molar-refractivity contribution is 7.89. The molecule has 152 valence electrons. The van der Waals surface area contributed by atoms with Crippen LogP contribution in [0.1, 0.15) is 29.9 Å². The molecule has 1 N–H and O–H groups in total. The molecule has 11 heteroatoms. The number of aromatic nitrogens is 1. The van der Waals surface area contributed by atoms with Crippen molar-refractivity contribution >= 4 is 21.7 Å². The molecule has 0 fully saturated rings. The third kappa shape index (κ3) is 4.65. The van der Waals surface area contributed by atoms with Gasteiger partial charge in [0.25, 0.3) is 5.91 Å². The molecule has 6 nitrogen and oxygen atoms in total. The molecule has 1 heterocycles. The van der Waals surface area contributed by atoms with Gasteiger partial charge < -0.3 is 5.32 Å². The lowest BCUT2D eigenvalue weighted by Crippen LogP contribution is -2.33. The van der Waals surface area contributed by atoms with E-state index in [9.17, 15) is 30.8 Å². The number of hydrogen-bond donors (Lipinski definition) is 1. The van der Waals surface area contributed by atoms with Crippen LogP contribution >= 0.6 is 0 Å². The van der Waals surface area contributed by atoms with Crippen molar-refractivity contribution in [1.29, 1.82) is 0 Å². The molecule has 1 aromatic carbocycles. The van der Waals surface area contributed by atoms with Gasteiger partial charge in [-0.2, -0.15) is 17.5 Å². The first-order valence-corrected chi connectivity index (χ1v) is 9.41. The molecular formula is C17H17F4N3O3S. The minimum absolute atomic E-state index is 0.327. The van der Waals surface area contributed by atoms with E-state index in [0.29, 0.717) is 6.07 Å². The van der Waals surface area contributed by atoms with E-state index in [1.165, 1.54) is 7.05 Å². The zero-order valence-corrected chi connectivity index (χ0v) is 15.9. The van der Waals surface area contributed by atoms with Crippen molar-refractivity contribution in [3.05, 3.63) is 53.5 Å². The molecular weight excluding hydrogens is 402 g/mol. The summed E-state index contributed by atoms with van der Waals surface area (Å²) in [6.45, 7) is 3.27. The second-order valence-electron chi connectivity index (χ2n) is 6.12. The minimum Gasteiger partial charge on any atom is -0.306 e. The number of carbonyl (C=O) groups is 1. The van der Waals surface area contributed by atoms with Gasteiger partial charge in [-0.1, -0.05) is 6.07 Å². The van der Waals surface area contributed by atoms with E-state index >= 15 is 0 Å². The summed E-state index contributed by atoms with van der Waals surface area (Å²) in [5.41, 5.74) is -1.88. The van der Waals surface area contributed by atoms with Crippen LogP contribution in [0.4, 0.5) is 23.4 Å². The SMILES string of the molecule is CC(C)N(C)S(=O)(=O)c1ccc(F)c(C(=O)Nc2cccc(C(F)(F)F)n2)c1. The maximum atomic E-state index is 14.1. The summed E-state index contributed by atoms with van der Waals surface area (Å²) in [5.74, 6) is -2.61. The van der Waals surface area contributed by atoms with Crippen molar-refractivity contribution in [1.82, 2.24) is 9.29 Å². The Labute approximate surface area is 159 Å². The van der Waals surface area contributed by atoms with Crippen LogP contribution in [0.15, 0.2) is 41.3 Å². The van der Waals surface area contributed by atoms with E-state index in [0.717, 1.165) is 34.6 Å². The lowest BCUT2D eigenvalue weighted by Gasteiger charge is -2.21. The maximum absolute atomic E-state index is 14.1. The Morgan fingerprint density at radius 1 is 1.18 bits per heavy atom. The van der Waals surface area contributed by atoms with Crippen LogP contribution in [-0.4, -0.2) is 36.7 Å². The maximum Gasteiger partial charge on any atom is 0.433 e. The molecule has 2 aromatic rings. The Bertz CT molecular complexity index is 991. The first-order chi connectivity index (χ1) is 12.8. The Morgan fingerprint density at radius 2 is 1.82 bits per heavy atom. The molecule has 0 atom stereocenters. The van der Waals surface area contributed by atoms with E-state index in [1.807, 2.05) is 5.32 Å². The minimum atomic E-state index is -4.72. The lowest BCUT2D eigenvalue weighted by atomic mass is 10.2. The normalized spacial score (nSPS) is 12.5. The summed E-state index contributed by atoms with van der Waals surface area (Å²) >= 11 is 0. The van der Waals surface area contributed by atoms with E-state index in [2.05, 4.69) is 4.98 Å². The standard InChI is InChI=1S/C17H17F4N3O3S/c1-10(2)24(3)28(26,27)11-7-8-13(18)12(9-11)16(25)23-15-6-4-5-14(22-15)17(19,20)21/h4-10H,1-3H3,(H,22,23,25). The lowest BCUT2D eigenvalue weighted by molar-refractivity contribution is -0.141. The number of benzene rings is 1. The molecule has 0 spiro atoms. The van der Waals surface area contributed by atoms with Crippen LogP contribution < -0.4 is 5.32 Å². The van der Waals surface area contributed by atoms with Gasteiger partial charge in [0.05, 0.1) is 10.5 Å². The Hall–Kier alpha value is -2.53.